The maximum Gasteiger partial charge on any atom is 0.163 e. The van der Waals surface area contributed by atoms with E-state index in [2.05, 4.69) is 10.4 Å². The van der Waals surface area contributed by atoms with Crippen molar-refractivity contribution >= 4 is 0 Å². The van der Waals surface area contributed by atoms with Crippen molar-refractivity contribution in [2.45, 2.75) is 37.7 Å². The highest BCUT2D eigenvalue weighted by molar-refractivity contribution is 5.00. The van der Waals surface area contributed by atoms with Gasteiger partial charge in [-0.05, 0) is 38.0 Å². The summed E-state index contributed by atoms with van der Waals surface area (Å²) in [5, 5.41) is 7.69. The van der Waals surface area contributed by atoms with Crippen molar-refractivity contribution in [1.29, 1.82) is 0 Å². The van der Waals surface area contributed by atoms with Gasteiger partial charge in [0.1, 0.15) is 6.54 Å². The lowest BCUT2D eigenvalue weighted by Crippen LogP contribution is -2.49. The van der Waals surface area contributed by atoms with Crippen molar-refractivity contribution in [2.75, 3.05) is 6.54 Å². The third kappa shape index (κ3) is 0.767. The second kappa shape index (κ2) is 2.21. The number of hydrogen-bond donors (Lipinski definition) is 0. The van der Waals surface area contributed by atoms with Gasteiger partial charge < -0.3 is 4.84 Å². The molecule has 2 bridgehead atoms. The molecule has 1 atom stereocenters. The van der Waals surface area contributed by atoms with Gasteiger partial charge in [-0.2, -0.15) is 0 Å². The van der Waals surface area contributed by atoms with Crippen LogP contribution in [0.4, 0.5) is 0 Å². The van der Waals surface area contributed by atoms with E-state index < -0.39 is 0 Å². The maximum absolute atomic E-state index is 5.47. The van der Waals surface area contributed by atoms with Crippen molar-refractivity contribution in [3.05, 3.63) is 0 Å². The third-order valence-electron chi connectivity index (χ3n) is 3.84. The fourth-order valence-electron chi connectivity index (χ4n) is 3.14. The van der Waals surface area contributed by atoms with E-state index in [1.807, 2.05) is 0 Å². The molecule has 3 heteroatoms. The molecule has 12 heavy (non-hydrogen) atoms. The topological polar surface area (TPSA) is 34.0 Å². The summed E-state index contributed by atoms with van der Waals surface area (Å²) in [7, 11) is 0. The van der Waals surface area contributed by atoms with Gasteiger partial charge >= 0.3 is 0 Å². The SMILES string of the molecule is C1CC2CCC1CC21CN=NO1. The second-order valence-electron chi connectivity index (χ2n) is 4.46. The van der Waals surface area contributed by atoms with E-state index >= 15 is 0 Å². The van der Waals surface area contributed by atoms with Crippen LogP contribution in [0.15, 0.2) is 10.4 Å². The van der Waals surface area contributed by atoms with E-state index in [-0.39, 0.29) is 5.60 Å². The van der Waals surface area contributed by atoms with Crippen LogP contribution in [-0.2, 0) is 4.84 Å². The van der Waals surface area contributed by atoms with Gasteiger partial charge in [0.2, 0.25) is 0 Å². The first-order valence-corrected chi connectivity index (χ1v) is 4.94. The van der Waals surface area contributed by atoms with Gasteiger partial charge in [0.25, 0.3) is 0 Å². The quantitative estimate of drug-likeness (QED) is 0.543. The van der Waals surface area contributed by atoms with Crippen LogP contribution in [0.5, 0.6) is 0 Å². The zero-order valence-electron chi connectivity index (χ0n) is 7.20. The molecule has 0 aromatic rings. The molecule has 0 saturated heterocycles. The van der Waals surface area contributed by atoms with Gasteiger partial charge in [-0.1, -0.05) is 0 Å². The summed E-state index contributed by atoms with van der Waals surface area (Å²) in [4.78, 5) is 5.47. The first-order chi connectivity index (χ1) is 5.89. The Hall–Kier alpha value is -0.600. The molecule has 3 nitrogen and oxygen atoms in total. The van der Waals surface area contributed by atoms with E-state index in [9.17, 15) is 0 Å². The van der Waals surface area contributed by atoms with Gasteiger partial charge in [0, 0.05) is 11.2 Å². The van der Waals surface area contributed by atoms with E-state index in [1.54, 1.807) is 0 Å². The molecule has 4 aliphatic rings. The van der Waals surface area contributed by atoms with Crippen molar-refractivity contribution in [3.63, 3.8) is 0 Å². The monoisotopic (exact) mass is 166 g/mol. The Labute approximate surface area is 72.2 Å². The van der Waals surface area contributed by atoms with Crippen molar-refractivity contribution in [3.8, 4) is 0 Å². The lowest BCUT2D eigenvalue weighted by molar-refractivity contribution is -0.118. The van der Waals surface area contributed by atoms with Crippen LogP contribution < -0.4 is 0 Å². The van der Waals surface area contributed by atoms with Gasteiger partial charge in [-0.15, -0.1) is 5.11 Å². The first-order valence-electron chi connectivity index (χ1n) is 4.94. The zero-order valence-corrected chi connectivity index (χ0v) is 7.20. The zero-order chi connectivity index (χ0) is 8.02. The number of hydrogen-bond acceptors (Lipinski definition) is 3. The van der Waals surface area contributed by atoms with Crippen LogP contribution in [0.25, 0.3) is 0 Å². The summed E-state index contributed by atoms with van der Waals surface area (Å²) in [5.41, 5.74) is 0.0567. The lowest BCUT2D eigenvalue weighted by atomic mass is 9.62. The summed E-state index contributed by atoms with van der Waals surface area (Å²) in [6.07, 6.45) is 6.72. The Bertz CT molecular complexity index is 211. The molecule has 66 valence electrons. The summed E-state index contributed by atoms with van der Waals surface area (Å²) >= 11 is 0. The number of rotatable bonds is 0. The molecule has 3 fully saturated rings. The summed E-state index contributed by atoms with van der Waals surface area (Å²) in [6.45, 7) is 0.828. The largest absolute Gasteiger partial charge is 0.371 e. The third-order valence-corrected chi connectivity index (χ3v) is 3.84. The molecule has 4 rings (SSSR count). The molecule has 0 N–H and O–H groups in total. The number of fused-ring (bicyclic) bond motifs is 2. The van der Waals surface area contributed by atoms with Crippen molar-refractivity contribution in [2.24, 2.45) is 22.2 Å². The fourth-order valence-corrected chi connectivity index (χ4v) is 3.14. The summed E-state index contributed by atoms with van der Waals surface area (Å²) in [6, 6.07) is 0. The first kappa shape index (κ1) is 6.87. The minimum atomic E-state index is 0.0567. The van der Waals surface area contributed by atoms with Crippen LogP contribution >= 0.6 is 0 Å². The molecule has 0 radical (unpaired) electrons. The maximum atomic E-state index is 5.47. The molecule has 3 saturated carbocycles. The van der Waals surface area contributed by atoms with Crippen LogP contribution in [0.3, 0.4) is 0 Å². The molecule has 0 aromatic carbocycles. The molecular weight excluding hydrogens is 152 g/mol. The molecule has 1 aliphatic heterocycles. The smallest absolute Gasteiger partial charge is 0.163 e. The van der Waals surface area contributed by atoms with Crippen LogP contribution in [0.2, 0.25) is 0 Å². The highest BCUT2D eigenvalue weighted by atomic mass is 16.7. The summed E-state index contributed by atoms with van der Waals surface area (Å²) < 4.78 is 0. The Morgan fingerprint density at radius 3 is 2.50 bits per heavy atom. The van der Waals surface area contributed by atoms with Crippen molar-refractivity contribution in [1.82, 2.24) is 0 Å². The van der Waals surface area contributed by atoms with Crippen molar-refractivity contribution < 1.29 is 4.84 Å². The highest BCUT2D eigenvalue weighted by Crippen LogP contribution is 2.50. The molecule has 1 heterocycles. The molecule has 0 aromatic heterocycles. The molecule has 3 aliphatic carbocycles. The van der Waals surface area contributed by atoms with Crippen LogP contribution in [0, 0.1) is 11.8 Å². The minimum Gasteiger partial charge on any atom is -0.371 e. The molecule has 1 unspecified atom stereocenters. The van der Waals surface area contributed by atoms with Gasteiger partial charge in [-0.3, -0.25) is 0 Å². The fraction of sp³-hybridized carbons (Fsp3) is 1.00. The molecular formula is C9H14N2O. The molecule has 1 spiro atoms. The van der Waals surface area contributed by atoms with Gasteiger partial charge in [0.15, 0.2) is 5.60 Å². The Morgan fingerprint density at radius 2 is 2.00 bits per heavy atom. The predicted octanol–water partition coefficient (Wildman–Crippen LogP) is 2.33. The standard InChI is InChI=1S/C9H14N2O/c1-3-8-4-2-7(1)5-9(8)6-10-11-12-9/h7-8H,1-6H2. The Balaban J connectivity index is 1.87. The van der Waals surface area contributed by atoms with E-state index in [0.29, 0.717) is 0 Å². The Kier molecular flexibility index (Phi) is 1.26. The summed E-state index contributed by atoms with van der Waals surface area (Å²) in [5.74, 6) is 1.65. The lowest BCUT2D eigenvalue weighted by Gasteiger charge is -2.46. The van der Waals surface area contributed by atoms with Crippen LogP contribution in [0.1, 0.15) is 32.1 Å². The average molecular weight is 166 g/mol. The van der Waals surface area contributed by atoms with Crippen LogP contribution in [-0.4, -0.2) is 12.1 Å². The predicted molar refractivity (Wildman–Crippen MR) is 43.6 cm³/mol. The second-order valence-corrected chi connectivity index (χ2v) is 4.46. The Morgan fingerprint density at radius 1 is 1.17 bits per heavy atom. The molecule has 0 amide bonds. The van der Waals surface area contributed by atoms with Gasteiger partial charge in [0.05, 0.1) is 0 Å². The number of nitrogens with zero attached hydrogens (tertiary/aromatic N) is 2. The van der Waals surface area contributed by atoms with Gasteiger partial charge in [-0.25, -0.2) is 0 Å². The van der Waals surface area contributed by atoms with E-state index in [1.165, 1.54) is 32.1 Å². The van der Waals surface area contributed by atoms with E-state index in [4.69, 9.17) is 4.84 Å². The average Bonchev–Trinajstić information content (AvgIpc) is 2.55. The highest BCUT2D eigenvalue weighted by Gasteiger charge is 2.51. The normalized spacial score (nSPS) is 50.0. The minimum absolute atomic E-state index is 0.0567. The van der Waals surface area contributed by atoms with E-state index in [0.717, 1.165) is 18.4 Å².